The second-order valence-electron chi connectivity index (χ2n) is 9.21. The van der Waals surface area contributed by atoms with Crippen LogP contribution in [0, 0.1) is 5.82 Å². The van der Waals surface area contributed by atoms with Crippen LogP contribution in [-0.4, -0.2) is 52.6 Å². The molecule has 0 aliphatic heterocycles. The number of carbonyl (C=O) groups excluding carboxylic acids is 2. The summed E-state index contributed by atoms with van der Waals surface area (Å²) < 4.78 is 53.8. The molecule has 3 aromatic carbocycles. The van der Waals surface area contributed by atoms with Gasteiger partial charge in [0, 0.05) is 22.8 Å². The molecule has 0 aliphatic carbocycles. The Morgan fingerprint density at radius 3 is 2.27 bits per heavy atom. The van der Waals surface area contributed by atoms with Crippen molar-refractivity contribution < 1.29 is 37.1 Å². The van der Waals surface area contributed by atoms with Crippen LogP contribution >= 0.6 is 0 Å². The molecular weight excluding hydrogens is 532 g/mol. The zero-order valence-electron chi connectivity index (χ0n) is 21.3. The molecule has 0 bridgehead atoms. The smallest absolute Gasteiger partial charge is 0.416 e. The number of nitrogens with one attached hydrogen (secondary N) is 2. The molecule has 0 spiro atoms. The van der Waals surface area contributed by atoms with Crippen molar-refractivity contribution in [3.8, 4) is 0 Å². The van der Waals surface area contributed by atoms with Gasteiger partial charge in [0.15, 0.2) is 0 Å². The van der Waals surface area contributed by atoms with Gasteiger partial charge in [-0.1, -0.05) is 18.2 Å². The molecule has 3 N–H and O–H groups in total. The minimum absolute atomic E-state index is 0.0404. The molecule has 1 atom stereocenters. The SMILES string of the molecule is CN(C)C(Cc1ccccc1C(=O)n1cc(NC(=O)Nc2ccc(C(F)(F)F)cc2)c2cc(F)ccc21)C(=O)O. The second-order valence-corrected chi connectivity index (χ2v) is 9.21. The van der Waals surface area contributed by atoms with Gasteiger partial charge < -0.3 is 15.7 Å². The Balaban J connectivity index is 1.65. The maximum atomic E-state index is 14.2. The first-order valence-electron chi connectivity index (χ1n) is 11.9. The summed E-state index contributed by atoms with van der Waals surface area (Å²) in [5.41, 5.74) is 0.245. The lowest BCUT2D eigenvalue weighted by atomic mass is 9.99. The van der Waals surface area contributed by atoms with Crippen LogP contribution in [0.4, 0.5) is 33.7 Å². The van der Waals surface area contributed by atoms with Gasteiger partial charge in [-0.05, 0) is 74.6 Å². The number of fused-ring (bicyclic) bond motifs is 1. The van der Waals surface area contributed by atoms with Crippen LogP contribution in [0.3, 0.4) is 0 Å². The minimum atomic E-state index is -4.53. The van der Waals surface area contributed by atoms with Crippen LogP contribution in [-0.2, 0) is 17.4 Å². The van der Waals surface area contributed by atoms with E-state index in [0.29, 0.717) is 5.56 Å². The van der Waals surface area contributed by atoms with Crippen molar-refractivity contribution in [1.82, 2.24) is 9.47 Å². The molecule has 4 aromatic rings. The third kappa shape index (κ3) is 6.12. The summed E-state index contributed by atoms with van der Waals surface area (Å²) >= 11 is 0. The number of carboxylic acids is 1. The zero-order valence-corrected chi connectivity index (χ0v) is 21.3. The topological polar surface area (TPSA) is 104 Å². The predicted octanol–water partition coefficient (Wildman–Crippen LogP) is 5.69. The molecule has 208 valence electrons. The molecular formula is C28H24F4N4O4. The van der Waals surface area contributed by atoms with E-state index in [9.17, 15) is 37.1 Å². The summed E-state index contributed by atoms with van der Waals surface area (Å²) in [6, 6.07) is 12.2. The van der Waals surface area contributed by atoms with Crippen molar-refractivity contribution in [3.63, 3.8) is 0 Å². The van der Waals surface area contributed by atoms with Crippen LogP contribution in [0.25, 0.3) is 10.9 Å². The van der Waals surface area contributed by atoms with Crippen LogP contribution in [0.1, 0.15) is 21.5 Å². The van der Waals surface area contributed by atoms with Crippen LogP contribution in [0.5, 0.6) is 0 Å². The van der Waals surface area contributed by atoms with Gasteiger partial charge in [-0.3, -0.25) is 19.1 Å². The molecule has 0 saturated carbocycles. The molecule has 40 heavy (non-hydrogen) atoms. The lowest BCUT2D eigenvalue weighted by Gasteiger charge is -2.21. The average Bonchev–Trinajstić information content (AvgIpc) is 3.23. The fraction of sp³-hybridized carbons (Fsp3) is 0.179. The Bertz CT molecular complexity index is 1580. The molecule has 8 nitrogen and oxygen atoms in total. The maximum Gasteiger partial charge on any atom is 0.416 e. The second kappa shape index (κ2) is 11.2. The number of urea groups is 1. The van der Waals surface area contributed by atoms with Crippen molar-refractivity contribution in [1.29, 1.82) is 0 Å². The Labute approximate surface area is 225 Å². The number of amides is 2. The van der Waals surface area contributed by atoms with E-state index in [1.54, 1.807) is 38.4 Å². The minimum Gasteiger partial charge on any atom is -0.480 e. The summed E-state index contributed by atoms with van der Waals surface area (Å²) in [6.45, 7) is 0. The Kier molecular flexibility index (Phi) is 7.91. The molecule has 0 radical (unpaired) electrons. The van der Waals surface area contributed by atoms with E-state index in [2.05, 4.69) is 10.6 Å². The lowest BCUT2D eigenvalue weighted by Crippen LogP contribution is -2.37. The largest absolute Gasteiger partial charge is 0.480 e. The highest BCUT2D eigenvalue weighted by molar-refractivity contribution is 6.10. The average molecular weight is 557 g/mol. The van der Waals surface area contributed by atoms with Gasteiger partial charge in [-0.25, -0.2) is 9.18 Å². The molecule has 0 saturated heterocycles. The monoisotopic (exact) mass is 556 g/mol. The third-order valence-corrected chi connectivity index (χ3v) is 6.27. The number of benzene rings is 3. The number of nitrogens with zero attached hydrogens (tertiary/aromatic N) is 2. The summed E-state index contributed by atoms with van der Waals surface area (Å²) in [6.07, 6.45) is -3.19. The predicted molar refractivity (Wildman–Crippen MR) is 141 cm³/mol. The van der Waals surface area contributed by atoms with E-state index < -0.39 is 41.5 Å². The van der Waals surface area contributed by atoms with E-state index in [0.717, 1.165) is 36.4 Å². The van der Waals surface area contributed by atoms with E-state index in [4.69, 9.17) is 0 Å². The third-order valence-electron chi connectivity index (χ3n) is 6.27. The first kappa shape index (κ1) is 28.3. The van der Waals surface area contributed by atoms with E-state index in [1.165, 1.54) is 21.7 Å². The summed E-state index contributed by atoms with van der Waals surface area (Å²) in [4.78, 5) is 39.6. The van der Waals surface area contributed by atoms with Gasteiger partial charge in [-0.15, -0.1) is 0 Å². The van der Waals surface area contributed by atoms with Crippen LogP contribution < -0.4 is 10.6 Å². The first-order chi connectivity index (χ1) is 18.8. The van der Waals surface area contributed by atoms with Crippen molar-refractivity contribution in [2.45, 2.75) is 18.6 Å². The standard InChI is InChI=1S/C28H24F4N4O4/c1-35(2)24(26(38)39)13-16-5-3-4-6-20(16)25(37)36-15-22(21-14-18(29)9-12-23(21)36)34-27(40)33-19-10-7-17(8-11-19)28(30,31)32/h3-12,14-15,24H,13H2,1-2H3,(H,38,39)(H2,33,34,40). The van der Waals surface area contributed by atoms with Gasteiger partial charge in [0.25, 0.3) is 5.91 Å². The molecule has 12 heteroatoms. The highest BCUT2D eigenvalue weighted by Gasteiger charge is 2.30. The highest BCUT2D eigenvalue weighted by atomic mass is 19.4. The summed E-state index contributed by atoms with van der Waals surface area (Å²) in [5, 5.41) is 14.7. The lowest BCUT2D eigenvalue weighted by molar-refractivity contribution is -0.142. The quantitative estimate of drug-likeness (QED) is 0.254. The van der Waals surface area contributed by atoms with Crippen molar-refractivity contribution in [3.05, 3.63) is 95.4 Å². The summed E-state index contributed by atoms with van der Waals surface area (Å²) in [5.74, 6) is -2.22. The number of carboxylic acid groups (broad SMARTS) is 1. The van der Waals surface area contributed by atoms with Crippen LogP contribution in [0.2, 0.25) is 0 Å². The number of aromatic nitrogens is 1. The van der Waals surface area contributed by atoms with E-state index in [1.807, 2.05) is 0 Å². The highest BCUT2D eigenvalue weighted by Crippen LogP contribution is 2.31. The molecule has 0 aliphatic rings. The number of rotatable bonds is 7. The summed E-state index contributed by atoms with van der Waals surface area (Å²) in [7, 11) is 3.23. The Hall–Kier alpha value is -4.71. The molecule has 1 unspecified atom stereocenters. The number of carbonyl (C=O) groups is 3. The fourth-order valence-corrected chi connectivity index (χ4v) is 4.23. The molecule has 4 rings (SSSR count). The van der Waals surface area contributed by atoms with Crippen molar-refractivity contribution >= 4 is 40.2 Å². The maximum absolute atomic E-state index is 14.2. The number of hydrogen-bond acceptors (Lipinski definition) is 4. The van der Waals surface area contributed by atoms with Crippen LogP contribution in [0.15, 0.2) is 72.9 Å². The van der Waals surface area contributed by atoms with Gasteiger partial charge in [0.05, 0.1) is 16.8 Å². The number of likely N-dealkylation sites (N-methyl/N-ethyl adjacent to an activating group) is 1. The van der Waals surface area contributed by atoms with E-state index >= 15 is 0 Å². The van der Waals surface area contributed by atoms with Gasteiger partial charge in [0.1, 0.15) is 11.9 Å². The first-order valence-corrected chi connectivity index (χ1v) is 11.9. The Morgan fingerprint density at radius 2 is 1.65 bits per heavy atom. The number of anilines is 2. The van der Waals surface area contributed by atoms with Crippen molar-refractivity contribution in [2.24, 2.45) is 0 Å². The number of halogens is 4. The molecule has 0 fully saturated rings. The zero-order chi connectivity index (χ0) is 29.2. The van der Waals surface area contributed by atoms with Gasteiger partial charge in [0.2, 0.25) is 0 Å². The van der Waals surface area contributed by atoms with E-state index in [-0.39, 0.29) is 34.3 Å². The van der Waals surface area contributed by atoms with Gasteiger partial charge >= 0.3 is 18.2 Å². The fourth-order valence-electron chi connectivity index (χ4n) is 4.23. The molecule has 1 aromatic heterocycles. The van der Waals surface area contributed by atoms with Gasteiger partial charge in [-0.2, -0.15) is 13.2 Å². The normalized spacial score (nSPS) is 12.4. The number of aliphatic carboxylic acids is 1. The molecule has 1 heterocycles. The van der Waals surface area contributed by atoms with Crippen molar-refractivity contribution in [2.75, 3.05) is 24.7 Å². The number of hydrogen-bond donors (Lipinski definition) is 3. The number of alkyl halides is 3. The Morgan fingerprint density at radius 1 is 0.975 bits per heavy atom. The molecule has 2 amide bonds.